The standard InChI is InChI=1S/C18H27N3O4S/c1-14-3-4-16(26(23,24)21-9-11-25-12-10-21)13-17(14)18(22)19-15-5-7-20(2)8-6-15/h3-4,13,15H,5-12H2,1-2H3,(H,19,22). The smallest absolute Gasteiger partial charge is 0.251 e. The van der Waals surface area contributed by atoms with Crippen LogP contribution >= 0.6 is 0 Å². The van der Waals surface area contributed by atoms with Crippen LogP contribution in [0.15, 0.2) is 23.1 Å². The predicted molar refractivity (Wildman–Crippen MR) is 98.7 cm³/mol. The molecule has 2 saturated heterocycles. The van der Waals surface area contributed by atoms with Crippen LogP contribution in [0.5, 0.6) is 0 Å². The van der Waals surface area contributed by atoms with Crippen LogP contribution in [0.4, 0.5) is 0 Å². The number of aryl methyl sites for hydroxylation is 1. The van der Waals surface area contributed by atoms with Gasteiger partial charge in [0.15, 0.2) is 0 Å². The van der Waals surface area contributed by atoms with Crippen molar-refractivity contribution in [3.8, 4) is 0 Å². The average molecular weight is 381 g/mol. The van der Waals surface area contributed by atoms with E-state index in [1.165, 1.54) is 10.4 Å². The number of nitrogens with zero attached hydrogens (tertiary/aromatic N) is 2. The number of benzene rings is 1. The van der Waals surface area contributed by atoms with Crippen LogP contribution in [0.2, 0.25) is 0 Å². The molecule has 2 aliphatic heterocycles. The minimum absolute atomic E-state index is 0.137. The Morgan fingerprint density at radius 2 is 1.81 bits per heavy atom. The van der Waals surface area contributed by atoms with Gasteiger partial charge in [-0.3, -0.25) is 4.79 Å². The van der Waals surface area contributed by atoms with E-state index in [9.17, 15) is 13.2 Å². The van der Waals surface area contributed by atoms with Crippen molar-refractivity contribution in [3.05, 3.63) is 29.3 Å². The topological polar surface area (TPSA) is 78.9 Å². The minimum Gasteiger partial charge on any atom is -0.379 e. The summed E-state index contributed by atoms with van der Waals surface area (Å²) in [6, 6.07) is 4.92. The van der Waals surface area contributed by atoms with Gasteiger partial charge in [0.2, 0.25) is 10.0 Å². The third-order valence-corrected chi connectivity index (χ3v) is 7.01. The van der Waals surface area contributed by atoms with Gasteiger partial charge in [0.05, 0.1) is 18.1 Å². The molecular formula is C18H27N3O4S. The largest absolute Gasteiger partial charge is 0.379 e. The Balaban J connectivity index is 1.77. The summed E-state index contributed by atoms with van der Waals surface area (Å²) in [6.45, 7) is 5.21. The van der Waals surface area contributed by atoms with Gasteiger partial charge in [0.1, 0.15) is 0 Å². The number of hydrogen-bond donors (Lipinski definition) is 1. The summed E-state index contributed by atoms with van der Waals surface area (Å²) in [5.41, 5.74) is 1.20. The van der Waals surface area contributed by atoms with Crippen molar-refractivity contribution < 1.29 is 17.9 Å². The molecule has 1 aromatic rings. The van der Waals surface area contributed by atoms with Crippen LogP contribution < -0.4 is 5.32 Å². The molecule has 1 amide bonds. The highest BCUT2D eigenvalue weighted by Crippen LogP contribution is 2.21. The van der Waals surface area contributed by atoms with E-state index in [0.29, 0.717) is 31.9 Å². The Bertz CT molecular complexity index is 752. The van der Waals surface area contributed by atoms with Crippen molar-refractivity contribution in [3.63, 3.8) is 0 Å². The molecule has 0 atom stereocenters. The van der Waals surface area contributed by atoms with E-state index in [0.717, 1.165) is 31.5 Å². The molecule has 2 fully saturated rings. The fourth-order valence-electron chi connectivity index (χ4n) is 3.36. The number of morpholine rings is 1. The molecule has 0 radical (unpaired) electrons. The fourth-order valence-corrected chi connectivity index (χ4v) is 4.79. The highest BCUT2D eigenvalue weighted by molar-refractivity contribution is 7.89. The van der Waals surface area contributed by atoms with Crippen molar-refractivity contribution in [2.75, 3.05) is 46.4 Å². The lowest BCUT2D eigenvalue weighted by atomic mass is 10.0. The summed E-state index contributed by atoms with van der Waals surface area (Å²) >= 11 is 0. The van der Waals surface area contributed by atoms with Gasteiger partial charge in [-0.15, -0.1) is 0 Å². The number of carbonyl (C=O) groups excluding carboxylic acids is 1. The van der Waals surface area contributed by atoms with E-state index in [2.05, 4.69) is 17.3 Å². The molecule has 1 N–H and O–H groups in total. The number of likely N-dealkylation sites (tertiary alicyclic amines) is 1. The quantitative estimate of drug-likeness (QED) is 0.836. The van der Waals surface area contributed by atoms with Gasteiger partial charge in [0, 0.05) is 24.7 Å². The first-order valence-electron chi connectivity index (χ1n) is 9.06. The van der Waals surface area contributed by atoms with Crippen LogP contribution in [0.1, 0.15) is 28.8 Å². The summed E-state index contributed by atoms with van der Waals surface area (Å²) in [6.07, 6.45) is 1.82. The minimum atomic E-state index is -3.61. The Labute approximate surface area is 155 Å². The zero-order chi connectivity index (χ0) is 18.7. The molecule has 8 heteroatoms. The van der Waals surface area contributed by atoms with Gasteiger partial charge in [-0.1, -0.05) is 6.07 Å². The van der Waals surface area contributed by atoms with E-state index in [-0.39, 0.29) is 16.8 Å². The summed E-state index contributed by atoms with van der Waals surface area (Å²) < 4.78 is 32.3. The van der Waals surface area contributed by atoms with Crippen molar-refractivity contribution in [2.24, 2.45) is 0 Å². The Kier molecular flexibility index (Phi) is 5.96. The number of sulfonamides is 1. The van der Waals surface area contributed by atoms with E-state index < -0.39 is 10.0 Å². The van der Waals surface area contributed by atoms with Crippen molar-refractivity contribution in [2.45, 2.75) is 30.7 Å². The summed E-state index contributed by atoms with van der Waals surface area (Å²) in [5.74, 6) is -0.198. The van der Waals surface area contributed by atoms with E-state index in [4.69, 9.17) is 4.74 Å². The zero-order valence-corrected chi connectivity index (χ0v) is 16.2. The number of ether oxygens (including phenoxy) is 1. The molecule has 7 nitrogen and oxygen atoms in total. The lowest BCUT2D eigenvalue weighted by Crippen LogP contribution is -2.43. The molecule has 0 aliphatic carbocycles. The summed E-state index contributed by atoms with van der Waals surface area (Å²) in [4.78, 5) is 15.1. The monoisotopic (exact) mass is 381 g/mol. The summed E-state index contributed by atoms with van der Waals surface area (Å²) in [5, 5.41) is 3.06. The molecule has 0 unspecified atom stereocenters. The molecule has 1 aromatic carbocycles. The lowest BCUT2D eigenvalue weighted by molar-refractivity contribution is 0.0730. The third kappa shape index (κ3) is 4.25. The van der Waals surface area contributed by atoms with Crippen molar-refractivity contribution in [1.29, 1.82) is 0 Å². The predicted octanol–water partition coefficient (Wildman–Crippen LogP) is 0.840. The second kappa shape index (κ2) is 8.04. The maximum atomic E-state index is 12.8. The van der Waals surface area contributed by atoms with E-state index in [1.54, 1.807) is 12.1 Å². The molecule has 2 heterocycles. The number of amides is 1. The highest BCUT2D eigenvalue weighted by atomic mass is 32.2. The van der Waals surface area contributed by atoms with Gasteiger partial charge in [0.25, 0.3) is 5.91 Å². The second-order valence-electron chi connectivity index (χ2n) is 7.04. The van der Waals surface area contributed by atoms with E-state index >= 15 is 0 Å². The van der Waals surface area contributed by atoms with Crippen LogP contribution in [0, 0.1) is 6.92 Å². The van der Waals surface area contributed by atoms with Crippen LogP contribution in [0.25, 0.3) is 0 Å². The number of rotatable bonds is 4. The second-order valence-corrected chi connectivity index (χ2v) is 8.98. The number of carbonyl (C=O) groups is 1. The third-order valence-electron chi connectivity index (χ3n) is 5.12. The molecule has 0 aromatic heterocycles. The molecule has 0 spiro atoms. The van der Waals surface area contributed by atoms with Gasteiger partial charge < -0.3 is 15.0 Å². The first-order chi connectivity index (χ1) is 12.4. The van der Waals surface area contributed by atoms with Crippen molar-refractivity contribution >= 4 is 15.9 Å². The maximum Gasteiger partial charge on any atom is 0.251 e. The first-order valence-corrected chi connectivity index (χ1v) is 10.5. The molecular weight excluding hydrogens is 354 g/mol. The SMILES string of the molecule is Cc1ccc(S(=O)(=O)N2CCOCC2)cc1C(=O)NC1CCN(C)CC1. The van der Waals surface area contributed by atoms with Crippen LogP contribution in [0.3, 0.4) is 0 Å². The number of hydrogen-bond acceptors (Lipinski definition) is 5. The Morgan fingerprint density at radius 1 is 1.15 bits per heavy atom. The Morgan fingerprint density at radius 3 is 2.46 bits per heavy atom. The molecule has 3 rings (SSSR count). The van der Waals surface area contributed by atoms with E-state index in [1.807, 2.05) is 6.92 Å². The number of nitrogens with one attached hydrogen (secondary N) is 1. The normalized spacial score (nSPS) is 20.8. The molecule has 0 saturated carbocycles. The van der Waals surface area contributed by atoms with Gasteiger partial charge in [-0.2, -0.15) is 4.31 Å². The maximum absolute atomic E-state index is 12.8. The van der Waals surface area contributed by atoms with Crippen molar-refractivity contribution in [1.82, 2.24) is 14.5 Å². The zero-order valence-electron chi connectivity index (χ0n) is 15.4. The Hall–Kier alpha value is -1.48. The van der Waals surface area contributed by atoms with Crippen LogP contribution in [-0.2, 0) is 14.8 Å². The fraction of sp³-hybridized carbons (Fsp3) is 0.611. The molecule has 26 heavy (non-hydrogen) atoms. The average Bonchev–Trinajstić information content (AvgIpc) is 2.64. The molecule has 0 bridgehead atoms. The first kappa shape index (κ1) is 19.3. The molecule has 2 aliphatic rings. The van der Waals surface area contributed by atoms with Gasteiger partial charge >= 0.3 is 0 Å². The number of piperidine rings is 1. The van der Waals surface area contributed by atoms with Gasteiger partial charge in [-0.05, 0) is 57.6 Å². The lowest BCUT2D eigenvalue weighted by Gasteiger charge is -2.29. The summed E-state index contributed by atoms with van der Waals surface area (Å²) in [7, 11) is -1.54. The highest BCUT2D eigenvalue weighted by Gasteiger charge is 2.28. The van der Waals surface area contributed by atoms with Crippen LogP contribution in [-0.4, -0.2) is 76.0 Å². The van der Waals surface area contributed by atoms with Gasteiger partial charge in [-0.25, -0.2) is 8.42 Å². The molecule has 144 valence electrons.